The first-order chi connectivity index (χ1) is 17.1. The molecule has 0 aromatic heterocycles. The summed E-state index contributed by atoms with van der Waals surface area (Å²) in [6.45, 7) is 14.7. The number of hydrogen-bond acceptors (Lipinski definition) is 4. The molecular formula is C32H52O4. The van der Waals surface area contributed by atoms with E-state index in [0.29, 0.717) is 30.6 Å². The Hall–Kier alpha value is -0.940. The quantitative estimate of drug-likeness (QED) is 0.340. The molecule has 0 bridgehead atoms. The molecular weight excluding hydrogens is 448 g/mol. The van der Waals surface area contributed by atoms with Crippen LogP contribution in [0.15, 0.2) is 35.5 Å². The second-order valence-corrected chi connectivity index (χ2v) is 13.1. The van der Waals surface area contributed by atoms with E-state index in [2.05, 4.69) is 46.4 Å². The van der Waals surface area contributed by atoms with Gasteiger partial charge in [0, 0.05) is 25.4 Å². The van der Waals surface area contributed by atoms with Gasteiger partial charge in [-0.1, -0.05) is 76.8 Å². The highest BCUT2D eigenvalue weighted by atomic mass is 16.7. The van der Waals surface area contributed by atoms with Crippen molar-refractivity contribution in [2.24, 2.45) is 29.1 Å². The Bertz CT molecular complexity index is 818. The fourth-order valence-corrected chi connectivity index (χ4v) is 7.82. The van der Waals surface area contributed by atoms with Crippen molar-refractivity contribution in [1.29, 1.82) is 0 Å². The van der Waals surface area contributed by atoms with E-state index in [1.54, 1.807) is 0 Å². The van der Waals surface area contributed by atoms with Gasteiger partial charge in [-0.3, -0.25) is 0 Å². The van der Waals surface area contributed by atoms with Crippen molar-refractivity contribution in [3.05, 3.63) is 35.5 Å². The van der Waals surface area contributed by atoms with Gasteiger partial charge in [0.2, 0.25) is 0 Å². The molecule has 0 amide bonds. The van der Waals surface area contributed by atoms with Crippen LogP contribution in [0.25, 0.3) is 0 Å². The topological polar surface area (TPSA) is 58.9 Å². The number of ether oxygens (including phenoxy) is 2. The van der Waals surface area contributed by atoms with Gasteiger partial charge in [-0.2, -0.15) is 0 Å². The Kier molecular flexibility index (Phi) is 9.24. The Balaban J connectivity index is 1.59. The van der Waals surface area contributed by atoms with E-state index in [1.807, 2.05) is 0 Å². The van der Waals surface area contributed by atoms with Crippen LogP contribution in [-0.2, 0) is 9.47 Å². The highest BCUT2D eigenvalue weighted by Crippen LogP contribution is 2.61. The molecule has 4 fully saturated rings. The van der Waals surface area contributed by atoms with Crippen molar-refractivity contribution in [1.82, 2.24) is 0 Å². The third-order valence-electron chi connectivity index (χ3n) is 9.84. The van der Waals surface area contributed by atoms with Gasteiger partial charge in [-0.15, -0.1) is 0 Å². The van der Waals surface area contributed by atoms with Gasteiger partial charge in [0.25, 0.3) is 0 Å². The molecule has 36 heavy (non-hydrogen) atoms. The molecule has 6 atom stereocenters. The molecule has 4 nitrogen and oxygen atoms in total. The van der Waals surface area contributed by atoms with Gasteiger partial charge in [0.05, 0.1) is 6.10 Å². The minimum Gasteiger partial charge on any atom is -0.365 e. The maximum atomic E-state index is 10.2. The summed E-state index contributed by atoms with van der Waals surface area (Å²) in [6, 6.07) is 0. The largest absolute Gasteiger partial charge is 0.365 e. The second-order valence-electron chi connectivity index (χ2n) is 13.1. The van der Waals surface area contributed by atoms with E-state index >= 15 is 0 Å². The van der Waals surface area contributed by atoms with Crippen LogP contribution in [0.2, 0.25) is 0 Å². The fraction of sp³-hybridized carbons (Fsp3) is 0.812. The average molecular weight is 501 g/mol. The number of aliphatic hydroxyl groups is 2. The van der Waals surface area contributed by atoms with Crippen molar-refractivity contribution >= 4 is 0 Å². The second kappa shape index (κ2) is 11.8. The predicted molar refractivity (Wildman–Crippen MR) is 146 cm³/mol. The van der Waals surface area contributed by atoms with Crippen LogP contribution in [0, 0.1) is 29.1 Å². The SMILES string of the molecule is C=C1CCC(O)(O)C/C1=C/C=C1\CCC[C@@]2(C)[C@H]1C(OC1CCCCO1)C[C@@H]2[C@H](C)CCCC(C)C. The summed E-state index contributed by atoms with van der Waals surface area (Å²) in [5.74, 6) is 0.910. The van der Waals surface area contributed by atoms with E-state index in [-0.39, 0.29) is 24.2 Å². The summed E-state index contributed by atoms with van der Waals surface area (Å²) in [5, 5.41) is 20.5. The van der Waals surface area contributed by atoms with Crippen LogP contribution >= 0.6 is 0 Å². The maximum Gasteiger partial charge on any atom is 0.166 e. The van der Waals surface area contributed by atoms with Gasteiger partial charge in [-0.25, -0.2) is 0 Å². The van der Waals surface area contributed by atoms with Gasteiger partial charge in [0.15, 0.2) is 12.1 Å². The number of hydrogen-bond donors (Lipinski definition) is 2. The van der Waals surface area contributed by atoms with Gasteiger partial charge in [-0.05, 0) is 80.1 Å². The highest BCUT2D eigenvalue weighted by molar-refractivity contribution is 5.37. The van der Waals surface area contributed by atoms with E-state index < -0.39 is 5.79 Å². The normalized spacial score (nSPS) is 38.0. The van der Waals surface area contributed by atoms with E-state index in [9.17, 15) is 10.2 Å². The van der Waals surface area contributed by atoms with E-state index in [1.165, 1.54) is 44.1 Å². The summed E-state index contributed by atoms with van der Waals surface area (Å²) in [5.41, 5.74) is 3.74. The molecule has 1 aliphatic heterocycles. The lowest BCUT2D eigenvalue weighted by Crippen LogP contribution is -2.39. The first-order valence-corrected chi connectivity index (χ1v) is 14.9. The zero-order valence-electron chi connectivity index (χ0n) is 23.4. The number of fused-ring (bicyclic) bond motifs is 1. The summed E-state index contributed by atoms with van der Waals surface area (Å²) in [6.07, 6.45) is 17.8. The predicted octanol–water partition coefficient (Wildman–Crippen LogP) is 7.46. The maximum absolute atomic E-state index is 10.2. The Labute approximate surface area is 220 Å². The molecule has 2 N–H and O–H groups in total. The molecule has 0 spiro atoms. The van der Waals surface area contributed by atoms with Crippen molar-refractivity contribution in [2.45, 2.75) is 129 Å². The van der Waals surface area contributed by atoms with Crippen LogP contribution in [0.3, 0.4) is 0 Å². The first kappa shape index (κ1) is 28.1. The van der Waals surface area contributed by atoms with Crippen LogP contribution < -0.4 is 0 Å². The monoisotopic (exact) mass is 500 g/mol. The van der Waals surface area contributed by atoms with E-state index in [4.69, 9.17) is 9.47 Å². The first-order valence-electron chi connectivity index (χ1n) is 14.9. The Morgan fingerprint density at radius 3 is 2.61 bits per heavy atom. The molecule has 4 aliphatic rings. The minimum atomic E-state index is -1.61. The molecule has 1 saturated heterocycles. The Morgan fingerprint density at radius 2 is 1.89 bits per heavy atom. The summed E-state index contributed by atoms with van der Waals surface area (Å²) >= 11 is 0. The van der Waals surface area contributed by atoms with Crippen molar-refractivity contribution in [2.75, 3.05) is 6.61 Å². The van der Waals surface area contributed by atoms with Gasteiger partial charge in [0.1, 0.15) is 0 Å². The van der Waals surface area contributed by atoms with Gasteiger partial charge < -0.3 is 19.7 Å². The molecule has 4 rings (SSSR count). The van der Waals surface area contributed by atoms with Gasteiger partial charge >= 0.3 is 0 Å². The Morgan fingerprint density at radius 1 is 1.08 bits per heavy atom. The van der Waals surface area contributed by atoms with Crippen molar-refractivity contribution in [3.8, 4) is 0 Å². The summed E-state index contributed by atoms with van der Waals surface area (Å²) in [7, 11) is 0. The molecule has 3 saturated carbocycles. The molecule has 3 aliphatic carbocycles. The molecule has 4 heteroatoms. The third-order valence-corrected chi connectivity index (χ3v) is 9.84. The third kappa shape index (κ3) is 6.54. The molecule has 0 aromatic rings. The fourth-order valence-electron chi connectivity index (χ4n) is 7.82. The highest BCUT2D eigenvalue weighted by Gasteiger charge is 2.56. The smallest absolute Gasteiger partial charge is 0.166 e. The van der Waals surface area contributed by atoms with Crippen LogP contribution in [0.1, 0.15) is 111 Å². The lowest BCUT2D eigenvalue weighted by atomic mass is 9.60. The molecule has 1 heterocycles. The zero-order valence-corrected chi connectivity index (χ0v) is 23.4. The molecule has 0 aromatic carbocycles. The lowest BCUT2D eigenvalue weighted by Gasteiger charge is -2.45. The minimum absolute atomic E-state index is 0.0629. The molecule has 2 unspecified atom stereocenters. The average Bonchev–Trinajstić information content (AvgIpc) is 3.12. The molecule has 204 valence electrons. The lowest BCUT2D eigenvalue weighted by molar-refractivity contribution is -0.195. The number of rotatable bonds is 8. The van der Waals surface area contributed by atoms with Crippen LogP contribution in [-0.4, -0.2) is 35.0 Å². The standard InChI is InChI=1S/C32H52O4/c1-22(2)10-8-11-24(4)27-20-28(36-29-13-6-7-19-35-29)30-25(12-9-17-31(27,30)5)14-15-26-21-32(33,34)18-16-23(26)3/h14-15,22,24,27-30,33-34H,3,6-13,16-21H2,1-2,4-5H3/b25-14+,26-15-/t24-,27-,28?,29?,30-,31-/m1/s1. The summed E-state index contributed by atoms with van der Waals surface area (Å²) in [4.78, 5) is 0. The number of allylic oxidation sites excluding steroid dienone is 3. The van der Waals surface area contributed by atoms with Crippen molar-refractivity contribution < 1.29 is 19.7 Å². The zero-order chi connectivity index (χ0) is 25.9. The summed E-state index contributed by atoms with van der Waals surface area (Å²) < 4.78 is 12.9. The molecule has 0 radical (unpaired) electrons. The van der Waals surface area contributed by atoms with Crippen molar-refractivity contribution in [3.63, 3.8) is 0 Å². The van der Waals surface area contributed by atoms with Crippen LogP contribution in [0.4, 0.5) is 0 Å². The van der Waals surface area contributed by atoms with Crippen LogP contribution in [0.5, 0.6) is 0 Å². The van der Waals surface area contributed by atoms with E-state index in [0.717, 1.165) is 49.4 Å².